The molecule has 0 fully saturated rings. The molecule has 0 aliphatic carbocycles. The molecule has 1 aromatic heterocycles. The highest BCUT2D eigenvalue weighted by Crippen LogP contribution is 2.29. The second kappa shape index (κ2) is 6.55. The summed E-state index contributed by atoms with van der Waals surface area (Å²) in [7, 11) is 2.79. The van der Waals surface area contributed by atoms with Gasteiger partial charge in [-0.25, -0.2) is 4.79 Å². The molecule has 0 saturated heterocycles. The molecule has 2 aromatic rings. The summed E-state index contributed by atoms with van der Waals surface area (Å²) in [5.74, 6) is -0.0230. The van der Waals surface area contributed by atoms with Gasteiger partial charge in [0.25, 0.3) is 5.56 Å². The van der Waals surface area contributed by atoms with E-state index in [1.54, 1.807) is 12.1 Å². The van der Waals surface area contributed by atoms with E-state index < -0.39 is 17.0 Å². The number of aromatic hydroxyl groups is 1. The quantitative estimate of drug-likeness (QED) is 0.800. The predicted octanol–water partition coefficient (Wildman–Crippen LogP) is 1.32. The molecule has 0 unspecified atom stereocenters. The van der Waals surface area contributed by atoms with Gasteiger partial charge in [-0.2, -0.15) is 0 Å². The van der Waals surface area contributed by atoms with E-state index in [1.165, 1.54) is 30.9 Å². The highest BCUT2D eigenvalue weighted by Gasteiger charge is 2.32. The number of Topliss-reactive ketones (excluding diaryl/α,β-unsaturated/α-hetero) is 1. The minimum atomic E-state index is -0.629. The lowest BCUT2D eigenvalue weighted by atomic mass is 10.1. The lowest BCUT2D eigenvalue weighted by Crippen LogP contribution is -2.40. The monoisotopic (exact) mass is 357 g/mol. The Labute approximate surface area is 149 Å². The molecule has 3 rings (SSSR count). The Kier molecular flexibility index (Phi) is 4.41. The number of methoxy groups -OCH3 is 1. The van der Waals surface area contributed by atoms with Gasteiger partial charge in [0.05, 0.1) is 12.8 Å². The molecule has 8 heteroatoms. The van der Waals surface area contributed by atoms with Crippen molar-refractivity contribution in [2.75, 3.05) is 12.4 Å². The number of phenols is 1. The number of ether oxygens (including phenoxy) is 1. The summed E-state index contributed by atoms with van der Waals surface area (Å²) in [5, 5.41) is 12.8. The summed E-state index contributed by atoms with van der Waals surface area (Å²) in [6.45, 7) is 2.28. The lowest BCUT2D eigenvalue weighted by molar-refractivity contribution is 0.104. The van der Waals surface area contributed by atoms with E-state index in [1.807, 2.05) is 6.92 Å². The minimum absolute atomic E-state index is 0.0514. The number of hydrogen-bond acceptors (Lipinski definition) is 6. The van der Waals surface area contributed by atoms with Crippen LogP contribution >= 0.6 is 0 Å². The van der Waals surface area contributed by atoms with Gasteiger partial charge in [-0.3, -0.25) is 18.7 Å². The number of carbonyl (C=O) groups excluding carboxylic acids is 1. The molecule has 1 aromatic carbocycles. The second-order valence-corrected chi connectivity index (χ2v) is 5.97. The van der Waals surface area contributed by atoms with Crippen molar-refractivity contribution in [3.63, 3.8) is 0 Å². The fourth-order valence-electron chi connectivity index (χ4n) is 2.92. The van der Waals surface area contributed by atoms with Crippen molar-refractivity contribution in [3.05, 3.63) is 55.9 Å². The molecule has 0 amide bonds. The molecule has 26 heavy (non-hydrogen) atoms. The fraction of sp³-hybridized carbons (Fsp3) is 0.278. The topological polar surface area (TPSA) is 103 Å². The molecule has 0 radical (unpaired) electrons. The van der Waals surface area contributed by atoms with Crippen molar-refractivity contribution in [2.24, 2.45) is 7.05 Å². The third-order valence-electron chi connectivity index (χ3n) is 4.23. The molecule has 8 nitrogen and oxygen atoms in total. The minimum Gasteiger partial charge on any atom is -0.504 e. The van der Waals surface area contributed by atoms with Gasteiger partial charge in [0, 0.05) is 13.6 Å². The molecule has 0 bridgehead atoms. The van der Waals surface area contributed by atoms with Crippen molar-refractivity contribution in [1.82, 2.24) is 9.13 Å². The number of phenolic OH excluding ortho intramolecular Hbond substituents is 1. The third-order valence-corrected chi connectivity index (χ3v) is 4.23. The maximum Gasteiger partial charge on any atom is 0.332 e. The Balaban J connectivity index is 2.11. The number of hydrogen-bond donors (Lipinski definition) is 2. The summed E-state index contributed by atoms with van der Waals surface area (Å²) < 4.78 is 7.32. The van der Waals surface area contributed by atoms with Crippen LogP contribution in [0.3, 0.4) is 0 Å². The van der Waals surface area contributed by atoms with Crippen LogP contribution in [-0.2, 0) is 13.6 Å². The van der Waals surface area contributed by atoms with Gasteiger partial charge in [0.2, 0.25) is 5.78 Å². The summed E-state index contributed by atoms with van der Waals surface area (Å²) in [4.78, 5) is 37.4. The number of carbonyl (C=O) groups is 1. The van der Waals surface area contributed by atoms with Gasteiger partial charge < -0.3 is 15.2 Å². The van der Waals surface area contributed by atoms with E-state index in [0.29, 0.717) is 24.3 Å². The average Bonchev–Trinajstić information content (AvgIpc) is 2.93. The Morgan fingerprint density at radius 3 is 2.62 bits per heavy atom. The van der Waals surface area contributed by atoms with Crippen LogP contribution in [0.5, 0.6) is 11.5 Å². The molecule has 1 aliphatic rings. The summed E-state index contributed by atoms with van der Waals surface area (Å²) in [5.41, 5.74) is -0.440. The van der Waals surface area contributed by atoms with Crippen molar-refractivity contribution in [2.45, 2.75) is 19.9 Å². The maximum atomic E-state index is 12.7. The Morgan fingerprint density at radius 1 is 1.27 bits per heavy atom. The van der Waals surface area contributed by atoms with E-state index in [-0.39, 0.29) is 22.8 Å². The van der Waals surface area contributed by atoms with Crippen LogP contribution < -0.4 is 21.3 Å². The van der Waals surface area contributed by atoms with Crippen LogP contribution in [-0.4, -0.2) is 27.1 Å². The van der Waals surface area contributed by atoms with Crippen LogP contribution in [0.15, 0.2) is 33.5 Å². The zero-order valence-corrected chi connectivity index (χ0v) is 14.7. The van der Waals surface area contributed by atoms with Gasteiger partial charge in [-0.1, -0.05) is 13.0 Å². The predicted molar refractivity (Wildman–Crippen MR) is 96.8 cm³/mol. The standard InChI is InChI=1S/C18H19N3O5/c1-4-7-21-16-14(17(24)20(2)18(21)25)15(23)11(19-16)8-10-5-6-13(26-3)12(22)9-10/h5-6,8-9,19,22H,4,7H2,1-3H3. The number of anilines is 1. The second-order valence-electron chi connectivity index (χ2n) is 5.97. The first kappa shape index (κ1) is 17.5. The average molecular weight is 357 g/mol. The normalized spacial score (nSPS) is 14.4. The molecule has 0 saturated carbocycles. The lowest BCUT2D eigenvalue weighted by Gasteiger charge is -2.11. The van der Waals surface area contributed by atoms with Crippen molar-refractivity contribution >= 4 is 17.7 Å². The van der Waals surface area contributed by atoms with Gasteiger partial charge >= 0.3 is 5.69 Å². The fourth-order valence-corrected chi connectivity index (χ4v) is 2.92. The number of allylic oxidation sites excluding steroid dienone is 1. The van der Waals surface area contributed by atoms with Crippen LogP contribution in [0.25, 0.3) is 6.08 Å². The molecular weight excluding hydrogens is 338 g/mol. The first-order valence-corrected chi connectivity index (χ1v) is 8.13. The molecule has 0 atom stereocenters. The Bertz CT molecular complexity index is 1050. The van der Waals surface area contributed by atoms with E-state index in [9.17, 15) is 19.5 Å². The molecule has 2 N–H and O–H groups in total. The highest BCUT2D eigenvalue weighted by atomic mass is 16.5. The number of aromatic nitrogens is 2. The van der Waals surface area contributed by atoms with E-state index in [4.69, 9.17) is 4.74 Å². The first-order chi connectivity index (χ1) is 12.4. The van der Waals surface area contributed by atoms with Gasteiger partial charge in [-0.05, 0) is 30.2 Å². The van der Waals surface area contributed by atoms with Crippen LogP contribution in [0.2, 0.25) is 0 Å². The van der Waals surface area contributed by atoms with Crippen molar-refractivity contribution in [3.8, 4) is 11.5 Å². The molecule has 2 heterocycles. The number of fused-ring (bicyclic) bond motifs is 1. The molecule has 0 spiro atoms. The number of ketones is 1. The number of benzene rings is 1. The van der Waals surface area contributed by atoms with Crippen molar-refractivity contribution < 1.29 is 14.6 Å². The van der Waals surface area contributed by atoms with Crippen molar-refractivity contribution in [1.29, 1.82) is 0 Å². The van der Waals surface area contributed by atoms with Crippen LogP contribution in [0, 0.1) is 0 Å². The smallest absolute Gasteiger partial charge is 0.332 e. The van der Waals surface area contributed by atoms with E-state index in [2.05, 4.69) is 5.32 Å². The van der Waals surface area contributed by atoms with Crippen LogP contribution in [0.1, 0.15) is 29.3 Å². The van der Waals surface area contributed by atoms with Gasteiger partial charge in [0.15, 0.2) is 11.5 Å². The van der Waals surface area contributed by atoms with E-state index >= 15 is 0 Å². The SMILES string of the molecule is CCCn1c2c(c(=O)n(C)c1=O)C(=O)C(=Cc1ccc(OC)c(O)c1)N2. The van der Waals surface area contributed by atoms with E-state index in [0.717, 1.165) is 4.57 Å². The van der Waals surface area contributed by atoms with Gasteiger partial charge in [0.1, 0.15) is 11.4 Å². The number of nitrogens with one attached hydrogen (secondary N) is 1. The highest BCUT2D eigenvalue weighted by molar-refractivity contribution is 6.19. The summed E-state index contributed by atoms with van der Waals surface area (Å²) in [6.07, 6.45) is 2.19. The zero-order chi connectivity index (χ0) is 19.0. The molecular formula is C18H19N3O5. The number of nitrogens with zero attached hydrogens (tertiary/aromatic N) is 2. The largest absolute Gasteiger partial charge is 0.504 e. The number of rotatable bonds is 4. The third kappa shape index (κ3) is 2.69. The Morgan fingerprint density at radius 2 is 2.00 bits per heavy atom. The summed E-state index contributed by atoms with van der Waals surface area (Å²) >= 11 is 0. The first-order valence-electron chi connectivity index (χ1n) is 8.13. The molecule has 1 aliphatic heterocycles. The van der Waals surface area contributed by atoms with Gasteiger partial charge in [-0.15, -0.1) is 0 Å². The van der Waals surface area contributed by atoms with Crippen LogP contribution in [0.4, 0.5) is 5.82 Å². The Hall–Kier alpha value is -3.29. The maximum absolute atomic E-state index is 12.7. The summed E-state index contributed by atoms with van der Waals surface area (Å²) in [6, 6.07) is 4.68. The zero-order valence-electron chi connectivity index (χ0n) is 14.7. The molecule has 136 valence electrons.